The number of likely N-dealkylation sites (N-methyl/N-ethyl adjacent to an activating group) is 1. The molecule has 1 unspecified atom stereocenters. The number of allylic oxidation sites excluding steroid dienone is 2. The molecule has 0 bridgehead atoms. The van der Waals surface area contributed by atoms with Gasteiger partial charge in [0.15, 0.2) is 0 Å². The number of carbonyl (C=O) groups excluding carboxylic acids is 1. The largest absolute Gasteiger partial charge is 0.494 e. The normalized spacial score (nSPS) is 20.0. The summed E-state index contributed by atoms with van der Waals surface area (Å²) < 4.78 is 16.5. The van der Waals surface area contributed by atoms with Crippen LogP contribution in [0.4, 0.5) is 0 Å². The molecular formula is C24H32N4O4. The van der Waals surface area contributed by atoms with Gasteiger partial charge >= 0.3 is 5.97 Å². The Morgan fingerprint density at radius 2 is 1.94 bits per heavy atom. The van der Waals surface area contributed by atoms with Gasteiger partial charge in [-0.05, 0) is 45.0 Å². The molecule has 8 heteroatoms. The molecule has 2 aliphatic heterocycles. The van der Waals surface area contributed by atoms with E-state index in [1.54, 1.807) is 13.8 Å². The molecule has 1 fully saturated rings. The fourth-order valence-corrected chi connectivity index (χ4v) is 3.99. The third-order valence-electron chi connectivity index (χ3n) is 5.80. The molecule has 3 rings (SSSR count). The molecule has 32 heavy (non-hydrogen) atoms. The summed E-state index contributed by atoms with van der Waals surface area (Å²) in [6.45, 7) is 9.69. The number of rotatable bonds is 8. The molecule has 1 aromatic rings. The van der Waals surface area contributed by atoms with Crippen molar-refractivity contribution >= 4 is 5.97 Å². The zero-order chi connectivity index (χ0) is 23.1. The highest BCUT2D eigenvalue weighted by molar-refractivity contribution is 5.92. The highest BCUT2D eigenvalue weighted by atomic mass is 16.5. The summed E-state index contributed by atoms with van der Waals surface area (Å²) in [5.41, 5.74) is 7.18. The summed E-state index contributed by atoms with van der Waals surface area (Å²) in [4.78, 5) is 17.4. The number of carbonyl (C=O) groups is 1. The number of piperazine rings is 1. The lowest BCUT2D eigenvalue weighted by Crippen LogP contribution is -2.44. The van der Waals surface area contributed by atoms with Gasteiger partial charge in [0.1, 0.15) is 23.2 Å². The van der Waals surface area contributed by atoms with E-state index in [-0.39, 0.29) is 18.1 Å². The second-order valence-corrected chi connectivity index (χ2v) is 8.03. The lowest BCUT2D eigenvalue weighted by atomic mass is 9.83. The maximum absolute atomic E-state index is 12.6. The average Bonchev–Trinajstić information content (AvgIpc) is 2.78. The molecule has 1 atom stereocenters. The molecule has 2 heterocycles. The van der Waals surface area contributed by atoms with Crippen molar-refractivity contribution in [2.75, 3.05) is 53.0 Å². The van der Waals surface area contributed by atoms with Crippen LogP contribution in [0, 0.1) is 11.3 Å². The Hall–Kier alpha value is -3.02. The van der Waals surface area contributed by atoms with E-state index in [2.05, 4.69) is 22.9 Å². The smallest absolute Gasteiger partial charge is 0.338 e. The van der Waals surface area contributed by atoms with Gasteiger partial charge in [-0.25, -0.2) is 4.79 Å². The van der Waals surface area contributed by atoms with Crippen LogP contribution in [0.2, 0.25) is 0 Å². The highest BCUT2D eigenvalue weighted by Gasteiger charge is 2.36. The van der Waals surface area contributed by atoms with Crippen molar-refractivity contribution in [3.63, 3.8) is 0 Å². The van der Waals surface area contributed by atoms with E-state index < -0.39 is 11.9 Å². The topological polar surface area (TPSA) is 101 Å². The first-order valence-corrected chi connectivity index (χ1v) is 11.0. The Labute approximate surface area is 189 Å². The van der Waals surface area contributed by atoms with Gasteiger partial charge < -0.3 is 29.7 Å². The summed E-state index contributed by atoms with van der Waals surface area (Å²) in [6, 6.07) is 9.49. The Morgan fingerprint density at radius 1 is 1.25 bits per heavy atom. The first kappa shape index (κ1) is 23.6. The maximum Gasteiger partial charge on any atom is 0.338 e. The van der Waals surface area contributed by atoms with Gasteiger partial charge in [-0.2, -0.15) is 5.26 Å². The van der Waals surface area contributed by atoms with E-state index in [0.717, 1.165) is 50.5 Å². The third-order valence-corrected chi connectivity index (χ3v) is 5.80. The number of hydrogen-bond donors (Lipinski definition) is 1. The fourth-order valence-electron chi connectivity index (χ4n) is 3.99. The van der Waals surface area contributed by atoms with E-state index in [1.165, 1.54) is 0 Å². The van der Waals surface area contributed by atoms with E-state index in [0.29, 0.717) is 17.9 Å². The predicted octanol–water partition coefficient (Wildman–Crippen LogP) is 2.35. The van der Waals surface area contributed by atoms with Crippen LogP contribution in [0.5, 0.6) is 5.75 Å². The Balaban J connectivity index is 1.65. The standard InChI is InChI=1S/C24H32N4O4/c1-4-30-24(29)21-17(2)32-23(26)20(16-25)22(21)18-6-8-19(9-7-18)31-15-5-10-28-13-11-27(3)12-14-28/h6-9,22H,4-5,10-15,26H2,1-3H3. The Kier molecular flexibility index (Phi) is 8.14. The van der Waals surface area contributed by atoms with Crippen LogP contribution in [-0.2, 0) is 14.3 Å². The van der Waals surface area contributed by atoms with Gasteiger partial charge in [-0.15, -0.1) is 0 Å². The second kappa shape index (κ2) is 11.0. The molecule has 0 aromatic heterocycles. The molecule has 8 nitrogen and oxygen atoms in total. The lowest BCUT2D eigenvalue weighted by Gasteiger charge is -2.32. The SMILES string of the molecule is CCOC(=O)C1=C(C)OC(N)=C(C#N)C1c1ccc(OCCCN2CCN(C)CC2)cc1. The van der Waals surface area contributed by atoms with Gasteiger partial charge in [0.05, 0.1) is 24.7 Å². The van der Waals surface area contributed by atoms with E-state index in [4.69, 9.17) is 19.9 Å². The van der Waals surface area contributed by atoms with Crippen molar-refractivity contribution in [2.45, 2.75) is 26.2 Å². The molecule has 0 spiro atoms. The first-order valence-electron chi connectivity index (χ1n) is 11.0. The number of ether oxygens (including phenoxy) is 3. The summed E-state index contributed by atoms with van der Waals surface area (Å²) in [6.07, 6.45) is 0.957. The molecule has 0 saturated carbocycles. The molecule has 2 aliphatic rings. The van der Waals surface area contributed by atoms with Crippen LogP contribution in [0.1, 0.15) is 31.7 Å². The van der Waals surface area contributed by atoms with Crippen LogP contribution in [-0.4, -0.2) is 68.8 Å². The van der Waals surface area contributed by atoms with E-state index >= 15 is 0 Å². The number of hydrogen-bond acceptors (Lipinski definition) is 8. The quantitative estimate of drug-likeness (QED) is 0.486. The first-order chi connectivity index (χ1) is 15.4. The third kappa shape index (κ3) is 5.61. The molecular weight excluding hydrogens is 408 g/mol. The minimum atomic E-state index is -0.640. The van der Waals surface area contributed by atoms with Crippen molar-refractivity contribution in [3.05, 3.63) is 52.6 Å². The molecule has 1 saturated heterocycles. The maximum atomic E-state index is 12.6. The van der Waals surface area contributed by atoms with Crippen molar-refractivity contribution in [1.29, 1.82) is 5.26 Å². The molecule has 2 N–H and O–H groups in total. The zero-order valence-corrected chi connectivity index (χ0v) is 19.1. The van der Waals surface area contributed by atoms with Crippen LogP contribution in [0.15, 0.2) is 47.1 Å². The van der Waals surface area contributed by atoms with Crippen LogP contribution in [0.25, 0.3) is 0 Å². The average molecular weight is 441 g/mol. The highest BCUT2D eigenvalue weighted by Crippen LogP contribution is 2.39. The second-order valence-electron chi connectivity index (χ2n) is 8.03. The number of nitriles is 1. The van der Waals surface area contributed by atoms with Crippen molar-refractivity contribution < 1.29 is 19.0 Å². The molecule has 0 amide bonds. The molecule has 172 valence electrons. The van der Waals surface area contributed by atoms with Crippen LogP contribution < -0.4 is 10.5 Å². The molecule has 1 aromatic carbocycles. The van der Waals surface area contributed by atoms with Crippen LogP contribution in [0.3, 0.4) is 0 Å². The Bertz CT molecular complexity index is 909. The fraction of sp³-hybridized carbons (Fsp3) is 0.500. The minimum Gasteiger partial charge on any atom is -0.494 e. The predicted molar refractivity (Wildman–Crippen MR) is 120 cm³/mol. The number of benzene rings is 1. The van der Waals surface area contributed by atoms with Gasteiger partial charge in [0, 0.05) is 32.7 Å². The summed E-state index contributed by atoms with van der Waals surface area (Å²) >= 11 is 0. The van der Waals surface area contributed by atoms with Gasteiger partial charge in [0.25, 0.3) is 0 Å². The number of nitrogens with zero attached hydrogens (tertiary/aromatic N) is 3. The molecule has 0 aliphatic carbocycles. The lowest BCUT2D eigenvalue weighted by molar-refractivity contribution is -0.139. The van der Waals surface area contributed by atoms with Gasteiger partial charge in [-0.3, -0.25) is 0 Å². The summed E-state index contributed by atoms with van der Waals surface area (Å²) in [7, 11) is 2.15. The van der Waals surface area contributed by atoms with E-state index in [9.17, 15) is 10.1 Å². The van der Waals surface area contributed by atoms with Gasteiger partial charge in [-0.1, -0.05) is 12.1 Å². The minimum absolute atomic E-state index is 0.00674. The summed E-state index contributed by atoms with van der Waals surface area (Å²) in [5.74, 6) is -0.0620. The number of nitrogens with two attached hydrogens (primary N) is 1. The molecule has 0 radical (unpaired) electrons. The zero-order valence-electron chi connectivity index (χ0n) is 19.1. The van der Waals surface area contributed by atoms with Crippen molar-refractivity contribution in [2.24, 2.45) is 5.73 Å². The van der Waals surface area contributed by atoms with Gasteiger partial charge in [0.2, 0.25) is 5.88 Å². The van der Waals surface area contributed by atoms with Crippen molar-refractivity contribution in [3.8, 4) is 11.8 Å². The summed E-state index contributed by atoms with van der Waals surface area (Å²) in [5, 5.41) is 9.65. The Morgan fingerprint density at radius 3 is 2.56 bits per heavy atom. The van der Waals surface area contributed by atoms with Crippen LogP contribution >= 0.6 is 0 Å². The monoisotopic (exact) mass is 440 g/mol. The van der Waals surface area contributed by atoms with E-state index in [1.807, 2.05) is 24.3 Å². The number of esters is 1. The van der Waals surface area contributed by atoms with Crippen molar-refractivity contribution in [1.82, 2.24) is 9.80 Å².